The zero-order chi connectivity index (χ0) is 14.7. The van der Waals surface area contributed by atoms with Crippen molar-refractivity contribution in [2.45, 2.75) is 13.0 Å². The van der Waals surface area contributed by atoms with Gasteiger partial charge in [-0.1, -0.05) is 0 Å². The summed E-state index contributed by atoms with van der Waals surface area (Å²) in [6.45, 7) is 2.63. The highest BCUT2D eigenvalue weighted by molar-refractivity contribution is 6.00. The fourth-order valence-electron chi connectivity index (χ4n) is 2.14. The van der Waals surface area contributed by atoms with Gasteiger partial charge in [-0.25, -0.2) is 0 Å². The fraction of sp³-hybridized carbons (Fsp3) is 0.385. The van der Waals surface area contributed by atoms with Crippen LogP contribution < -0.4 is 4.90 Å². The van der Waals surface area contributed by atoms with E-state index in [1.54, 1.807) is 6.07 Å². The number of rotatable bonds is 3. The van der Waals surface area contributed by atoms with Crippen LogP contribution in [0.2, 0.25) is 0 Å². The number of Topliss-reactive ketones (excluding diaryl/α,β-unsaturated/α-hetero) is 1. The highest BCUT2D eigenvalue weighted by Gasteiger charge is 2.24. The molecule has 1 heterocycles. The van der Waals surface area contributed by atoms with E-state index in [1.165, 1.54) is 19.1 Å². The second-order valence-corrected chi connectivity index (χ2v) is 4.45. The van der Waals surface area contributed by atoms with Crippen molar-refractivity contribution in [1.82, 2.24) is 0 Å². The molecule has 0 saturated carbocycles. The van der Waals surface area contributed by atoms with Gasteiger partial charge < -0.3 is 9.64 Å². The van der Waals surface area contributed by atoms with E-state index in [1.807, 2.05) is 11.0 Å². The normalized spacial score (nSPS) is 18.4. The summed E-state index contributed by atoms with van der Waals surface area (Å²) < 4.78 is 5.25. The molecule has 0 spiro atoms. The standard InChI is InChI=1S/C13H13N3O4/c1-9(17)12-6-10(16(18)19)2-3-13(12)15-4-5-20-11(7-14)8-15/h2-3,6,11H,4-5,8H2,1H3. The summed E-state index contributed by atoms with van der Waals surface area (Å²) in [4.78, 5) is 23.8. The first-order valence-electron chi connectivity index (χ1n) is 6.08. The van der Waals surface area contributed by atoms with Gasteiger partial charge in [0.1, 0.15) is 0 Å². The van der Waals surface area contributed by atoms with Gasteiger partial charge in [-0.05, 0) is 13.0 Å². The van der Waals surface area contributed by atoms with Crippen LogP contribution in [0.5, 0.6) is 0 Å². The predicted octanol–water partition coefficient (Wildman–Crippen LogP) is 1.53. The molecule has 1 aliphatic rings. The minimum absolute atomic E-state index is 0.121. The lowest BCUT2D eigenvalue weighted by molar-refractivity contribution is -0.384. The smallest absolute Gasteiger partial charge is 0.270 e. The number of nitro groups is 1. The Labute approximate surface area is 115 Å². The Bertz CT molecular complexity index is 594. The van der Waals surface area contributed by atoms with Gasteiger partial charge in [0, 0.05) is 29.9 Å². The number of hydrogen-bond donors (Lipinski definition) is 0. The molecule has 0 aromatic heterocycles. The third-order valence-electron chi connectivity index (χ3n) is 3.12. The summed E-state index contributed by atoms with van der Waals surface area (Å²) in [6, 6.07) is 6.21. The Kier molecular flexibility index (Phi) is 3.96. The largest absolute Gasteiger partial charge is 0.365 e. The topological polar surface area (TPSA) is 96.5 Å². The first kappa shape index (κ1) is 14.0. The first-order chi connectivity index (χ1) is 9.52. The summed E-state index contributed by atoms with van der Waals surface area (Å²) in [5, 5.41) is 19.7. The molecule has 7 nitrogen and oxygen atoms in total. The number of ketones is 1. The third-order valence-corrected chi connectivity index (χ3v) is 3.12. The van der Waals surface area contributed by atoms with Crippen molar-refractivity contribution in [3.8, 4) is 6.07 Å². The van der Waals surface area contributed by atoms with Gasteiger partial charge in [0.2, 0.25) is 0 Å². The van der Waals surface area contributed by atoms with Gasteiger partial charge in [0.15, 0.2) is 11.9 Å². The van der Waals surface area contributed by atoms with Gasteiger partial charge in [-0.2, -0.15) is 5.26 Å². The maximum absolute atomic E-state index is 11.7. The second-order valence-electron chi connectivity index (χ2n) is 4.45. The number of carbonyl (C=O) groups excluding carboxylic acids is 1. The van der Waals surface area contributed by atoms with Crippen LogP contribution in [-0.4, -0.2) is 36.5 Å². The highest BCUT2D eigenvalue weighted by atomic mass is 16.6. The van der Waals surface area contributed by atoms with Crippen LogP contribution in [0.4, 0.5) is 11.4 Å². The molecular weight excluding hydrogens is 262 g/mol. The molecule has 20 heavy (non-hydrogen) atoms. The molecule has 1 aromatic rings. The zero-order valence-corrected chi connectivity index (χ0v) is 10.9. The Morgan fingerprint density at radius 2 is 2.35 bits per heavy atom. The lowest BCUT2D eigenvalue weighted by atomic mass is 10.1. The van der Waals surface area contributed by atoms with Crippen molar-refractivity contribution in [2.75, 3.05) is 24.6 Å². The Morgan fingerprint density at radius 3 is 2.95 bits per heavy atom. The van der Waals surface area contributed by atoms with E-state index in [9.17, 15) is 14.9 Å². The van der Waals surface area contributed by atoms with Crippen LogP contribution in [0.1, 0.15) is 17.3 Å². The summed E-state index contributed by atoms with van der Waals surface area (Å²) in [5.41, 5.74) is 0.772. The lowest BCUT2D eigenvalue weighted by Gasteiger charge is -2.32. The molecule has 7 heteroatoms. The van der Waals surface area contributed by atoms with E-state index in [0.29, 0.717) is 25.4 Å². The average molecular weight is 275 g/mol. The minimum Gasteiger partial charge on any atom is -0.365 e. The lowest BCUT2D eigenvalue weighted by Crippen LogP contribution is -2.42. The first-order valence-corrected chi connectivity index (χ1v) is 6.08. The number of nitriles is 1. The molecule has 0 N–H and O–H groups in total. The van der Waals surface area contributed by atoms with Crippen LogP contribution in [0, 0.1) is 21.4 Å². The van der Waals surface area contributed by atoms with Gasteiger partial charge in [-0.3, -0.25) is 14.9 Å². The van der Waals surface area contributed by atoms with E-state index in [4.69, 9.17) is 10.00 Å². The number of benzene rings is 1. The minimum atomic E-state index is -0.557. The van der Waals surface area contributed by atoms with Crippen LogP contribution in [0.25, 0.3) is 0 Å². The number of nitrogens with zero attached hydrogens (tertiary/aromatic N) is 3. The predicted molar refractivity (Wildman–Crippen MR) is 70.7 cm³/mol. The molecule has 0 amide bonds. The van der Waals surface area contributed by atoms with Crippen molar-refractivity contribution in [3.05, 3.63) is 33.9 Å². The van der Waals surface area contributed by atoms with Crippen LogP contribution in [0.15, 0.2) is 18.2 Å². The Hall–Kier alpha value is -2.46. The summed E-state index contributed by atoms with van der Waals surface area (Å²) in [5.74, 6) is -0.247. The number of nitro benzene ring substituents is 1. The van der Waals surface area contributed by atoms with Crippen molar-refractivity contribution >= 4 is 17.2 Å². The molecule has 0 radical (unpaired) electrons. The summed E-state index contributed by atoms with van der Waals surface area (Å²) in [6.07, 6.45) is -0.557. The SMILES string of the molecule is CC(=O)c1cc([N+](=O)[O-])ccc1N1CCOC(C#N)C1. The Balaban J connectivity index is 2.38. The number of hydrogen-bond acceptors (Lipinski definition) is 6. The average Bonchev–Trinajstić information content (AvgIpc) is 2.46. The van der Waals surface area contributed by atoms with E-state index in [2.05, 4.69) is 0 Å². The monoisotopic (exact) mass is 275 g/mol. The molecule has 1 fully saturated rings. The van der Waals surface area contributed by atoms with Crippen molar-refractivity contribution in [1.29, 1.82) is 5.26 Å². The van der Waals surface area contributed by atoms with Crippen LogP contribution >= 0.6 is 0 Å². The number of anilines is 1. The molecule has 104 valence electrons. The molecule has 1 aromatic carbocycles. The summed E-state index contributed by atoms with van der Waals surface area (Å²) >= 11 is 0. The molecule has 1 unspecified atom stereocenters. The number of non-ortho nitro benzene ring substituents is 1. The Morgan fingerprint density at radius 1 is 1.60 bits per heavy atom. The van der Waals surface area contributed by atoms with Crippen LogP contribution in [-0.2, 0) is 4.74 Å². The third kappa shape index (κ3) is 2.75. The molecule has 0 aliphatic carbocycles. The quantitative estimate of drug-likeness (QED) is 0.471. The van der Waals surface area contributed by atoms with Crippen molar-refractivity contribution in [3.63, 3.8) is 0 Å². The maximum Gasteiger partial charge on any atom is 0.270 e. The van der Waals surface area contributed by atoms with Gasteiger partial charge in [-0.15, -0.1) is 0 Å². The van der Waals surface area contributed by atoms with E-state index in [-0.39, 0.29) is 17.0 Å². The maximum atomic E-state index is 11.7. The highest BCUT2D eigenvalue weighted by Crippen LogP contribution is 2.27. The van der Waals surface area contributed by atoms with Gasteiger partial charge >= 0.3 is 0 Å². The van der Waals surface area contributed by atoms with Crippen molar-refractivity contribution < 1.29 is 14.5 Å². The molecule has 1 saturated heterocycles. The molecule has 1 aliphatic heterocycles. The van der Waals surface area contributed by atoms with E-state index in [0.717, 1.165) is 0 Å². The number of morpholine rings is 1. The molecular formula is C13H13N3O4. The number of carbonyl (C=O) groups is 1. The zero-order valence-electron chi connectivity index (χ0n) is 10.9. The van der Waals surface area contributed by atoms with Crippen LogP contribution in [0.3, 0.4) is 0 Å². The van der Waals surface area contributed by atoms with Gasteiger partial charge in [0.25, 0.3) is 5.69 Å². The van der Waals surface area contributed by atoms with Gasteiger partial charge in [0.05, 0.1) is 24.1 Å². The fourth-order valence-corrected chi connectivity index (χ4v) is 2.14. The summed E-state index contributed by atoms with van der Waals surface area (Å²) in [7, 11) is 0. The van der Waals surface area contributed by atoms with E-state index < -0.39 is 11.0 Å². The van der Waals surface area contributed by atoms with Crippen molar-refractivity contribution in [2.24, 2.45) is 0 Å². The number of ether oxygens (including phenoxy) is 1. The molecule has 0 bridgehead atoms. The van der Waals surface area contributed by atoms with E-state index >= 15 is 0 Å². The molecule has 1 atom stereocenters. The second kappa shape index (κ2) is 5.67. The molecule has 2 rings (SSSR count).